The predicted molar refractivity (Wildman–Crippen MR) is 159 cm³/mol. The predicted octanol–water partition coefficient (Wildman–Crippen LogP) is 6.90. The van der Waals surface area contributed by atoms with E-state index in [1.54, 1.807) is 12.1 Å². The Bertz CT molecular complexity index is 1170. The van der Waals surface area contributed by atoms with E-state index in [4.69, 9.17) is 17.0 Å². The van der Waals surface area contributed by atoms with Crippen LogP contribution in [0.2, 0.25) is 0 Å². The number of halogens is 1. The first kappa shape index (κ1) is 29.2. The number of nitrogens with one attached hydrogen (secondary N) is 2. The van der Waals surface area contributed by atoms with E-state index in [0.717, 1.165) is 49.9 Å². The van der Waals surface area contributed by atoms with Crippen molar-refractivity contribution in [2.75, 3.05) is 12.4 Å². The van der Waals surface area contributed by atoms with Gasteiger partial charge in [-0.1, -0.05) is 20.8 Å². The van der Waals surface area contributed by atoms with Gasteiger partial charge in [0.2, 0.25) is 0 Å². The van der Waals surface area contributed by atoms with E-state index < -0.39 is 0 Å². The molecule has 5 rings (SSSR count). The van der Waals surface area contributed by atoms with Gasteiger partial charge in [0.1, 0.15) is 11.6 Å². The van der Waals surface area contributed by atoms with Gasteiger partial charge in [0.05, 0.1) is 7.11 Å². The van der Waals surface area contributed by atoms with Crippen LogP contribution in [0.4, 0.5) is 10.1 Å². The van der Waals surface area contributed by atoms with Gasteiger partial charge >= 0.3 is 5.97 Å². The highest BCUT2D eigenvalue weighted by Gasteiger charge is 2.63. The fourth-order valence-corrected chi connectivity index (χ4v) is 9.44. The summed E-state index contributed by atoms with van der Waals surface area (Å²) in [5, 5.41) is 8.10. The molecule has 0 heterocycles. The first-order valence-electron chi connectivity index (χ1n) is 15.0. The Morgan fingerprint density at radius 2 is 1.90 bits per heavy atom. The number of rotatable bonds is 6. The molecule has 8 heteroatoms. The van der Waals surface area contributed by atoms with Gasteiger partial charge in [0.15, 0.2) is 5.11 Å². The van der Waals surface area contributed by atoms with E-state index in [1.165, 1.54) is 32.1 Å². The molecule has 0 aromatic heterocycles. The van der Waals surface area contributed by atoms with Gasteiger partial charge in [0, 0.05) is 29.7 Å². The van der Waals surface area contributed by atoms with Crippen LogP contribution in [-0.2, 0) is 14.3 Å². The molecule has 0 bridgehead atoms. The lowest BCUT2D eigenvalue weighted by molar-refractivity contribution is -0.155. The number of hydrogen-bond acceptors (Lipinski definition) is 5. The average Bonchev–Trinajstić information content (AvgIpc) is 3.31. The van der Waals surface area contributed by atoms with Crippen LogP contribution < -0.4 is 10.7 Å². The number of benzene rings is 1. The number of anilines is 1. The van der Waals surface area contributed by atoms with E-state index in [0.29, 0.717) is 59.2 Å². The summed E-state index contributed by atoms with van der Waals surface area (Å²) in [6.45, 7) is 6.94. The summed E-state index contributed by atoms with van der Waals surface area (Å²) in [4.78, 5) is 25.8. The topological polar surface area (TPSA) is 79.8 Å². The standard InChI is InChI=1S/C32H44FN3O3S/c1-19(5-14-29(38)39-4)25-12-13-26-24-11-6-20-17-23(35-36-30(40)34-22-9-7-21(33)8-10-22)15-16-31(20,2)27(24)18-28(37)32(25,26)3/h7-10,19-20,24-27H,5-6,11-18H2,1-4H3,(H2,34,36,40)/b35-23+/t19-,20-,24+,25-,26+,27+,31+,32-/m1/s1. The van der Waals surface area contributed by atoms with Crippen LogP contribution in [0.5, 0.6) is 0 Å². The van der Waals surface area contributed by atoms with Crippen molar-refractivity contribution in [1.82, 2.24) is 5.43 Å². The van der Waals surface area contributed by atoms with Crippen molar-refractivity contribution < 1.29 is 18.7 Å². The van der Waals surface area contributed by atoms with Crippen molar-refractivity contribution in [1.29, 1.82) is 0 Å². The van der Waals surface area contributed by atoms with Crippen molar-refractivity contribution in [2.24, 2.45) is 51.4 Å². The summed E-state index contributed by atoms with van der Waals surface area (Å²) in [7, 11) is 1.44. The molecule has 0 radical (unpaired) electrons. The Morgan fingerprint density at radius 1 is 1.15 bits per heavy atom. The third-order valence-corrected chi connectivity index (χ3v) is 11.8. The molecule has 4 aliphatic rings. The lowest BCUT2D eigenvalue weighted by Gasteiger charge is -2.60. The highest BCUT2D eigenvalue weighted by molar-refractivity contribution is 7.80. The van der Waals surface area contributed by atoms with E-state index in [-0.39, 0.29) is 22.6 Å². The molecule has 0 saturated heterocycles. The number of carbonyl (C=O) groups excluding carboxylic acids is 2. The summed E-state index contributed by atoms with van der Waals surface area (Å²) in [6, 6.07) is 6.08. The number of methoxy groups -OCH3 is 1. The lowest BCUT2D eigenvalue weighted by atomic mass is 9.44. The summed E-state index contributed by atoms with van der Waals surface area (Å²) in [6.07, 6.45) is 9.40. The second-order valence-corrected chi connectivity index (χ2v) is 13.7. The number of fused-ring (bicyclic) bond motifs is 5. The van der Waals surface area contributed by atoms with Crippen LogP contribution in [0.15, 0.2) is 29.4 Å². The zero-order valence-corrected chi connectivity index (χ0v) is 25.1. The molecule has 218 valence electrons. The molecule has 2 N–H and O–H groups in total. The maximum absolute atomic E-state index is 14.0. The monoisotopic (exact) mass is 569 g/mol. The zero-order chi connectivity index (χ0) is 28.7. The minimum atomic E-state index is -0.285. The number of nitrogens with zero attached hydrogens (tertiary/aromatic N) is 1. The fraction of sp³-hybridized carbons (Fsp3) is 0.688. The van der Waals surface area contributed by atoms with E-state index >= 15 is 0 Å². The Balaban J connectivity index is 1.23. The van der Waals surface area contributed by atoms with Crippen LogP contribution in [0.1, 0.15) is 85.0 Å². The molecule has 8 atom stereocenters. The van der Waals surface area contributed by atoms with Crippen LogP contribution in [0, 0.1) is 52.2 Å². The maximum Gasteiger partial charge on any atom is 0.305 e. The Morgan fingerprint density at radius 3 is 2.62 bits per heavy atom. The Kier molecular flexibility index (Phi) is 8.38. The lowest BCUT2D eigenvalue weighted by Crippen LogP contribution is -2.57. The summed E-state index contributed by atoms with van der Waals surface area (Å²) in [5.41, 5.74) is 4.73. The van der Waals surface area contributed by atoms with Crippen LogP contribution in [0.3, 0.4) is 0 Å². The van der Waals surface area contributed by atoms with E-state index in [9.17, 15) is 14.0 Å². The zero-order valence-electron chi connectivity index (χ0n) is 24.3. The second-order valence-electron chi connectivity index (χ2n) is 13.3. The number of Topliss-reactive ketones (excluding diaryl/α,β-unsaturated/α-hetero) is 1. The number of esters is 1. The van der Waals surface area contributed by atoms with E-state index in [2.05, 4.69) is 36.6 Å². The van der Waals surface area contributed by atoms with Gasteiger partial charge in [-0.05, 0) is 129 Å². The van der Waals surface area contributed by atoms with Crippen LogP contribution in [0.25, 0.3) is 0 Å². The van der Waals surface area contributed by atoms with Crippen molar-refractivity contribution in [3.05, 3.63) is 30.1 Å². The van der Waals surface area contributed by atoms with Crippen molar-refractivity contribution in [3.63, 3.8) is 0 Å². The van der Waals surface area contributed by atoms with Gasteiger partial charge in [-0.3, -0.25) is 15.0 Å². The minimum absolute atomic E-state index is 0.153. The molecule has 4 fully saturated rings. The molecule has 4 aliphatic carbocycles. The van der Waals surface area contributed by atoms with Crippen molar-refractivity contribution >= 4 is 40.5 Å². The quantitative estimate of drug-likeness (QED) is 0.221. The average molecular weight is 570 g/mol. The van der Waals surface area contributed by atoms with Gasteiger partial charge in [-0.2, -0.15) is 5.10 Å². The Labute approximate surface area is 243 Å². The molecule has 40 heavy (non-hydrogen) atoms. The Hall–Kier alpha value is -2.35. The number of ether oxygens (including phenoxy) is 1. The largest absolute Gasteiger partial charge is 0.469 e. The van der Waals surface area contributed by atoms with Crippen molar-refractivity contribution in [2.45, 2.75) is 85.0 Å². The van der Waals surface area contributed by atoms with Gasteiger partial charge in [0.25, 0.3) is 0 Å². The molecule has 0 amide bonds. The molecule has 0 spiro atoms. The highest BCUT2D eigenvalue weighted by Crippen LogP contribution is 2.67. The molecule has 1 aromatic rings. The number of ketones is 1. The smallest absolute Gasteiger partial charge is 0.305 e. The van der Waals surface area contributed by atoms with Crippen molar-refractivity contribution in [3.8, 4) is 0 Å². The fourth-order valence-electron chi connectivity index (χ4n) is 9.28. The van der Waals surface area contributed by atoms with Gasteiger partial charge in [-0.15, -0.1) is 0 Å². The molecular formula is C32H44FN3O3S. The van der Waals surface area contributed by atoms with Gasteiger partial charge < -0.3 is 10.1 Å². The van der Waals surface area contributed by atoms with E-state index in [1.807, 2.05) is 0 Å². The second kappa shape index (κ2) is 11.5. The summed E-state index contributed by atoms with van der Waals surface area (Å²) < 4.78 is 18.0. The molecule has 0 unspecified atom stereocenters. The minimum Gasteiger partial charge on any atom is -0.469 e. The normalized spacial score (nSPS) is 36.7. The number of hydrogen-bond donors (Lipinski definition) is 2. The molecule has 0 aliphatic heterocycles. The first-order valence-corrected chi connectivity index (χ1v) is 15.4. The van der Waals surface area contributed by atoms with Gasteiger partial charge in [-0.25, -0.2) is 4.39 Å². The SMILES string of the molecule is COC(=O)CC[C@@H](C)[C@H]1CC[C@H]2[C@@H]3CC[C@@H]4C/C(=N/NC(=S)Nc5ccc(F)cc5)CC[C@]4(C)[C@H]3CC(=O)[C@]12C. The maximum atomic E-state index is 14.0. The molecule has 1 aromatic carbocycles. The molecule has 4 saturated carbocycles. The molecular weight excluding hydrogens is 525 g/mol. The number of thiocarbonyl (C=S) groups is 1. The first-order chi connectivity index (χ1) is 19.1. The number of carbonyl (C=O) groups is 2. The summed E-state index contributed by atoms with van der Waals surface area (Å²) in [5.74, 6) is 2.73. The third kappa shape index (κ3) is 5.33. The van der Waals surface area contributed by atoms with Crippen LogP contribution >= 0.6 is 12.2 Å². The molecule has 6 nitrogen and oxygen atoms in total. The highest BCUT2D eigenvalue weighted by atomic mass is 32.1. The van der Waals surface area contributed by atoms with Crippen LogP contribution in [-0.4, -0.2) is 29.7 Å². The number of hydrazone groups is 1. The summed E-state index contributed by atoms with van der Waals surface area (Å²) >= 11 is 5.40. The third-order valence-electron chi connectivity index (χ3n) is 11.6.